The van der Waals surface area contributed by atoms with Crippen LogP contribution in [0, 0.1) is 20.8 Å². The predicted molar refractivity (Wildman–Crippen MR) is 86.3 cm³/mol. The average Bonchev–Trinajstić information content (AvgIpc) is 2.68. The van der Waals surface area contributed by atoms with Gasteiger partial charge in [0, 0.05) is 33.6 Å². The zero-order valence-electron chi connectivity index (χ0n) is 12.7. The number of sulfonamides is 1. The number of thiophene rings is 1. The van der Waals surface area contributed by atoms with E-state index in [1.807, 2.05) is 45.9 Å². The maximum atomic E-state index is 12.4. The molecule has 0 aliphatic carbocycles. The molecule has 0 saturated carbocycles. The van der Waals surface area contributed by atoms with Crippen molar-refractivity contribution >= 4 is 21.4 Å². The lowest BCUT2D eigenvalue weighted by molar-refractivity contribution is 0.558. The van der Waals surface area contributed by atoms with Gasteiger partial charge in [-0.1, -0.05) is 6.07 Å². The lowest BCUT2D eigenvalue weighted by atomic mass is 10.2. The largest absolute Gasteiger partial charge is 0.258 e. The first-order valence-corrected chi connectivity index (χ1v) is 9.10. The minimum Gasteiger partial charge on any atom is -0.258 e. The molecule has 1 atom stereocenters. The third kappa shape index (κ3) is 4.12. The second kappa shape index (κ2) is 6.25. The van der Waals surface area contributed by atoms with Crippen LogP contribution in [0.4, 0.5) is 0 Å². The summed E-state index contributed by atoms with van der Waals surface area (Å²) in [5, 5.41) is 0. The van der Waals surface area contributed by atoms with Gasteiger partial charge in [-0.15, -0.1) is 11.3 Å². The quantitative estimate of drug-likeness (QED) is 0.920. The SMILES string of the molecule is Cc1cccc(CC(C)NS(=O)(=O)c2cc(C)sc2C)n1. The second-order valence-corrected chi connectivity index (χ2v) is 8.42. The summed E-state index contributed by atoms with van der Waals surface area (Å²) in [7, 11) is -3.47. The molecular formula is C15H20N2O2S2. The minimum atomic E-state index is -3.47. The first kappa shape index (κ1) is 16.1. The molecule has 1 N–H and O–H groups in total. The Bertz CT molecular complexity index is 736. The van der Waals surface area contributed by atoms with Gasteiger partial charge in [0.2, 0.25) is 10.0 Å². The molecule has 0 bridgehead atoms. The van der Waals surface area contributed by atoms with Crippen LogP contribution in [-0.4, -0.2) is 19.4 Å². The van der Waals surface area contributed by atoms with Gasteiger partial charge in [0.05, 0.1) is 4.90 Å². The molecule has 0 aliphatic rings. The highest BCUT2D eigenvalue weighted by atomic mass is 32.2. The Morgan fingerprint density at radius 1 is 1.29 bits per heavy atom. The van der Waals surface area contributed by atoms with Crippen LogP contribution >= 0.6 is 11.3 Å². The van der Waals surface area contributed by atoms with Crippen LogP contribution in [0.25, 0.3) is 0 Å². The van der Waals surface area contributed by atoms with Crippen molar-refractivity contribution in [3.8, 4) is 0 Å². The smallest absolute Gasteiger partial charge is 0.241 e. The number of aryl methyl sites for hydroxylation is 3. The lowest BCUT2D eigenvalue weighted by Crippen LogP contribution is -2.34. The molecule has 0 spiro atoms. The van der Waals surface area contributed by atoms with Crippen molar-refractivity contribution in [3.05, 3.63) is 45.4 Å². The molecule has 0 saturated heterocycles. The Morgan fingerprint density at radius 2 is 2.00 bits per heavy atom. The maximum Gasteiger partial charge on any atom is 0.241 e. The molecule has 0 aliphatic heterocycles. The van der Waals surface area contributed by atoms with Crippen molar-refractivity contribution in [3.63, 3.8) is 0 Å². The fraction of sp³-hybridized carbons (Fsp3) is 0.400. The van der Waals surface area contributed by atoms with Crippen LogP contribution in [0.3, 0.4) is 0 Å². The van der Waals surface area contributed by atoms with Crippen molar-refractivity contribution in [2.24, 2.45) is 0 Å². The molecule has 21 heavy (non-hydrogen) atoms. The first-order chi connectivity index (χ1) is 9.78. The third-order valence-corrected chi connectivity index (χ3v) is 5.91. The number of hydrogen-bond donors (Lipinski definition) is 1. The summed E-state index contributed by atoms with van der Waals surface area (Å²) >= 11 is 1.50. The van der Waals surface area contributed by atoms with Gasteiger partial charge < -0.3 is 0 Å². The normalized spacial score (nSPS) is 13.3. The van der Waals surface area contributed by atoms with Crippen molar-refractivity contribution < 1.29 is 8.42 Å². The Hall–Kier alpha value is -1.24. The molecule has 0 amide bonds. The Morgan fingerprint density at radius 3 is 2.57 bits per heavy atom. The molecule has 2 aromatic rings. The fourth-order valence-electron chi connectivity index (χ4n) is 2.27. The molecule has 1 unspecified atom stereocenters. The van der Waals surface area contributed by atoms with Crippen molar-refractivity contribution in [2.45, 2.75) is 45.1 Å². The monoisotopic (exact) mass is 324 g/mol. The Kier molecular flexibility index (Phi) is 4.81. The van der Waals surface area contributed by atoms with E-state index in [1.165, 1.54) is 11.3 Å². The van der Waals surface area contributed by atoms with Crippen LogP contribution in [-0.2, 0) is 16.4 Å². The molecular weight excluding hydrogens is 304 g/mol. The van der Waals surface area contributed by atoms with E-state index in [4.69, 9.17) is 0 Å². The molecule has 2 heterocycles. The minimum absolute atomic E-state index is 0.205. The summed E-state index contributed by atoms with van der Waals surface area (Å²) in [6, 6.07) is 7.29. The van der Waals surface area contributed by atoms with Crippen LogP contribution in [0.15, 0.2) is 29.2 Å². The molecule has 0 aromatic carbocycles. The Labute approximate surface area is 130 Å². The van der Waals surface area contributed by atoms with E-state index in [1.54, 1.807) is 6.07 Å². The van der Waals surface area contributed by atoms with E-state index in [2.05, 4.69) is 9.71 Å². The number of hydrogen-bond acceptors (Lipinski definition) is 4. The molecule has 0 radical (unpaired) electrons. The first-order valence-electron chi connectivity index (χ1n) is 6.80. The molecule has 0 fully saturated rings. The van der Waals surface area contributed by atoms with Gasteiger partial charge >= 0.3 is 0 Å². The van der Waals surface area contributed by atoms with E-state index < -0.39 is 10.0 Å². The van der Waals surface area contributed by atoms with Gasteiger partial charge in [-0.3, -0.25) is 4.98 Å². The van der Waals surface area contributed by atoms with Gasteiger partial charge in [-0.2, -0.15) is 0 Å². The summed E-state index contributed by atoms with van der Waals surface area (Å²) in [6.45, 7) is 7.53. The number of rotatable bonds is 5. The molecule has 2 aromatic heterocycles. The molecule has 114 valence electrons. The summed E-state index contributed by atoms with van der Waals surface area (Å²) in [5.41, 5.74) is 1.83. The van der Waals surface area contributed by atoms with E-state index in [0.29, 0.717) is 11.3 Å². The Balaban J connectivity index is 2.11. The van der Waals surface area contributed by atoms with Gasteiger partial charge in [0.1, 0.15) is 0 Å². The summed E-state index contributed by atoms with van der Waals surface area (Å²) in [5.74, 6) is 0. The van der Waals surface area contributed by atoms with E-state index in [0.717, 1.165) is 21.1 Å². The van der Waals surface area contributed by atoms with Crippen LogP contribution in [0.5, 0.6) is 0 Å². The van der Waals surface area contributed by atoms with E-state index >= 15 is 0 Å². The number of nitrogens with zero attached hydrogens (tertiary/aromatic N) is 1. The summed E-state index contributed by atoms with van der Waals surface area (Å²) in [4.78, 5) is 6.61. The van der Waals surface area contributed by atoms with Crippen LogP contribution in [0.1, 0.15) is 28.1 Å². The van der Waals surface area contributed by atoms with Crippen LogP contribution in [0.2, 0.25) is 0 Å². The van der Waals surface area contributed by atoms with Crippen molar-refractivity contribution in [1.82, 2.24) is 9.71 Å². The zero-order valence-corrected chi connectivity index (χ0v) is 14.3. The van der Waals surface area contributed by atoms with Crippen molar-refractivity contribution in [1.29, 1.82) is 0 Å². The van der Waals surface area contributed by atoms with Gasteiger partial charge in [0.25, 0.3) is 0 Å². The zero-order chi connectivity index (χ0) is 15.6. The molecule has 4 nitrogen and oxygen atoms in total. The standard InChI is InChI=1S/C15H20N2O2S2/c1-10-6-5-7-14(16-10)8-11(2)17-21(18,19)15-9-12(3)20-13(15)4/h5-7,9,11,17H,8H2,1-4H3. The fourth-order valence-corrected chi connectivity index (χ4v) is 5.07. The third-order valence-electron chi connectivity index (χ3n) is 3.10. The van der Waals surface area contributed by atoms with Gasteiger partial charge in [-0.25, -0.2) is 13.1 Å². The average molecular weight is 324 g/mol. The predicted octanol–water partition coefficient (Wildman–Crippen LogP) is 2.98. The number of nitrogens with one attached hydrogen (secondary N) is 1. The number of pyridine rings is 1. The molecule has 6 heteroatoms. The van der Waals surface area contributed by atoms with Gasteiger partial charge in [-0.05, 0) is 45.9 Å². The highest BCUT2D eigenvalue weighted by Gasteiger charge is 2.21. The second-order valence-electron chi connectivity index (χ2n) is 5.27. The highest BCUT2D eigenvalue weighted by molar-refractivity contribution is 7.89. The summed E-state index contributed by atoms with van der Waals surface area (Å²) in [6.07, 6.45) is 0.572. The van der Waals surface area contributed by atoms with Crippen LogP contribution < -0.4 is 4.72 Å². The van der Waals surface area contributed by atoms with E-state index in [9.17, 15) is 8.42 Å². The topological polar surface area (TPSA) is 59.1 Å². The maximum absolute atomic E-state index is 12.4. The molecule has 2 rings (SSSR count). The van der Waals surface area contributed by atoms with Crippen molar-refractivity contribution in [2.75, 3.05) is 0 Å². The highest BCUT2D eigenvalue weighted by Crippen LogP contribution is 2.25. The lowest BCUT2D eigenvalue weighted by Gasteiger charge is -2.14. The number of aromatic nitrogens is 1. The van der Waals surface area contributed by atoms with Gasteiger partial charge in [0.15, 0.2) is 0 Å². The van der Waals surface area contributed by atoms with E-state index in [-0.39, 0.29) is 6.04 Å². The summed E-state index contributed by atoms with van der Waals surface area (Å²) < 4.78 is 27.6.